The molecule has 1 fully saturated rings. The first kappa shape index (κ1) is 13.3. The molecule has 0 radical (unpaired) electrons. The maximum Gasteiger partial charge on any atom is 0.244 e. The molecule has 0 saturated carbocycles. The molecule has 2 heterocycles. The number of hydrogen-bond donors (Lipinski definition) is 2. The molecule has 0 atom stereocenters. The van der Waals surface area contributed by atoms with Crippen LogP contribution in [0.5, 0.6) is 5.75 Å². The van der Waals surface area contributed by atoms with Crippen molar-refractivity contribution in [1.82, 2.24) is 15.2 Å². The van der Waals surface area contributed by atoms with Gasteiger partial charge < -0.3 is 20.3 Å². The Hall–Kier alpha value is -2.15. The molecule has 0 unspecified atom stereocenters. The molecule has 7 heteroatoms. The Morgan fingerprint density at radius 1 is 1.63 bits per heavy atom. The molecule has 0 aliphatic carbocycles. The Morgan fingerprint density at radius 2 is 2.47 bits per heavy atom. The number of methoxy groups -OCH3 is 1. The molecule has 1 aliphatic rings. The van der Waals surface area contributed by atoms with E-state index in [9.17, 15) is 9.59 Å². The molecule has 2 amide bonds. The Kier molecular flexibility index (Phi) is 4.30. The van der Waals surface area contributed by atoms with E-state index < -0.39 is 0 Å². The summed E-state index contributed by atoms with van der Waals surface area (Å²) >= 11 is 0. The lowest BCUT2D eigenvalue weighted by Crippen LogP contribution is -2.50. The van der Waals surface area contributed by atoms with E-state index in [1.807, 2.05) is 0 Å². The van der Waals surface area contributed by atoms with Crippen LogP contribution in [0, 0.1) is 0 Å². The largest absolute Gasteiger partial charge is 0.494 e. The van der Waals surface area contributed by atoms with Gasteiger partial charge in [0.15, 0.2) is 0 Å². The molecular weight excluding hydrogens is 248 g/mol. The highest BCUT2D eigenvalue weighted by Crippen LogP contribution is 2.21. The SMILES string of the molecule is COc1ccncc1NC(=O)CN1CCNCC1=O. The lowest BCUT2D eigenvalue weighted by atomic mass is 10.3. The highest BCUT2D eigenvalue weighted by atomic mass is 16.5. The van der Waals surface area contributed by atoms with Crippen LogP contribution in [-0.2, 0) is 9.59 Å². The van der Waals surface area contributed by atoms with Crippen LogP contribution in [0.25, 0.3) is 0 Å². The van der Waals surface area contributed by atoms with Crippen molar-refractivity contribution >= 4 is 17.5 Å². The van der Waals surface area contributed by atoms with Crippen LogP contribution in [0.4, 0.5) is 5.69 Å². The third-order valence-corrected chi connectivity index (χ3v) is 2.80. The minimum atomic E-state index is -0.262. The van der Waals surface area contributed by atoms with Crippen molar-refractivity contribution in [3.63, 3.8) is 0 Å². The zero-order valence-corrected chi connectivity index (χ0v) is 10.7. The third kappa shape index (κ3) is 3.41. The van der Waals surface area contributed by atoms with Gasteiger partial charge in [0.1, 0.15) is 11.4 Å². The van der Waals surface area contributed by atoms with Crippen molar-refractivity contribution in [2.45, 2.75) is 0 Å². The highest BCUT2D eigenvalue weighted by Gasteiger charge is 2.20. The summed E-state index contributed by atoms with van der Waals surface area (Å²) in [5.74, 6) is 0.205. The minimum Gasteiger partial charge on any atom is -0.494 e. The number of rotatable bonds is 4. The molecule has 102 valence electrons. The van der Waals surface area contributed by atoms with E-state index in [2.05, 4.69) is 15.6 Å². The first-order chi connectivity index (χ1) is 9.20. The summed E-state index contributed by atoms with van der Waals surface area (Å²) in [6, 6.07) is 1.66. The maximum absolute atomic E-state index is 11.9. The van der Waals surface area contributed by atoms with Crippen molar-refractivity contribution in [3.05, 3.63) is 18.5 Å². The number of piperazine rings is 1. The van der Waals surface area contributed by atoms with Crippen molar-refractivity contribution in [3.8, 4) is 5.75 Å². The van der Waals surface area contributed by atoms with E-state index in [0.29, 0.717) is 24.5 Å². The average Bonchev–Trinajstić information content (AvgIpc) is 2.42. The summed E-state index contributed by atoms with van der Waals surface area (Å²) in [6.45, 7) is 1.56. The number of hydrogen-bond acceptors (Lipinski definition) is 5. The predicted molar refractivity (Wildman–Crippen MR) is 68.9 cm³/mol. The number of amides is 2. The van der Waals surface area contributed by atoms with Crippen LogP contribution in [0.15, 0.2) is 18.5 Å². The molecule has 2 rings (SSSR count). The summed E-state index contributed by atoms with van der Waals surface area (Å²) in [5.41, 5.74) is 0.498. The topological polar surface area (TPSA) is 83.6 Å². The summed E-state index contributed by atoms with van der Waals surface area (Å²) in [6.07, 6.45) is 3.09. The maximum atomic E-state index is 11.9. The van der Waals surface area contributed by atoms with Gasteiger partial charge in [-0.2, -0.15) is 0 Å². The summed E-state index contributed by atoms with van der Waals surface area (Å²) in [4.78, 5) is 28.9. The lowest BCUT2D eigenvalue weighted by molar-refractivity contribution is -0.135. The van der Waals surface area contributed by atoms with E-state index in [0.717, 1.165) is 0 Å². The molecule has 19 heavy (non-hydrogen) atoms. The molecule has 0 spiro atoms. The molecule has 1 saturated heterocycles. The smallest absolute Gasteiger partial charge is 0.244 e. The van der Waals surface area contributed by atoms with E-state index in [1.165, 1.54) is 18.2 Å². The van der Waals surface area contributed by atoms with Gasteiger partial charge in [-0.3, -0.25) is 14.6 Å². The van der Waals surface area contributed by atoms with Gasteiger partial charge in [-0.05, 0) is 0 Å². The van der Waals surface area contributed by atoms with Crippen LogP contribution in [-0.4, -0.2) is 55.0 Å². The van der Waals surface area contributed by atoms with Gasteiger partial charge in [-0.15, -0.1) is 0 Å². The van der Waals surface area contributed by atoms with Crippen molar-refractivity contribution in [2.24, 2.45) is 0 Å². The van der Waals surface area contributed by atoms with Crippen LogP contribution in [0.1, 0.15) is 0 Å². The van der Waals surface area contributed by atoms with Crippen LogP contribution in [0.2, 0.25) is 0 Å². The van der Waals surface area contributed by atoms with E-state index in [1.54, 1.807) is 12.3 Å². The van der Waals surface area contributed by atoms with Crippen molar-refractivity contribution in [1.29, 1.82) is 0 Å². The van der Waals surface area contributed by atoms with Gasteiger partial charge in [-0.25, -0.2) is 0 Å². The molecule has 1 aromatic heterocycles. The van der Waals surface area contributed by atoms with E-state index in [4.69, 9.17) is 4.74 Å². The third-order valence-electron chi connectivity index (χ3n) is 2.80. The Labute approximate surface area is 110 Å². The molecular formula is C12H16N4O3. The number of nitrogens with zero attached hydrogens (tertiary/aromatic N) is 2. The van der Waals surface area contributed by atoms with E-state index >= 15 is 0 Å². The van der Waals surface area contributed by atoms with Gasteiger partial charge in [0, 0.05) is 25.4 Å². The fourth-order valence-corrected chi connectivity index (χ4v) is 1.83. The zero-order valence-electron chi connectivity index (χ0n) is 10.7. The molecule has 0 aromatic carbocycles. The van der Waals surface area contributed by atoms with Gasteiger partial charge in [-0.1, -0.05) is 0 Å². The second-order valence-corrected chi connectivity index (χ2v) is 4.12. The van der Waals surface area contributed by atoms with Crippen LogP contribution in [0.3, 0.4) is 0 Å². The average molecular weight is 264 g/mol. The second kappa shape index (κ2) is 6.14. The number of carbonyl (C=O) groups excluding carboxylic acids is 2. The summed E-state index contributed by atoms with van der Waals surface area (Å²) in [5, 5.41) is 5.64. The van der Waals surface area contributed by atoms with Crippen LogP contribution >= 0.6 is 0 Å². The molecule has 2 N–H and O–H groups in total. The van der Waals surface area contributed by atoms with E-state index in [-0.39, 0.29) is 24.9 Å². The van der Waals surface area contributed by atoms with Gasteiger partial charge in [0.2, 0.25) is 11.8 Å². The Morgan fingerprint density at radius 3 is 3.21 bits per heavy atom. The van der Waals surface area contributed by atoms with Gasteiger partial charge >= 0.3 is 0 Å². The summed E-state index contributed by atoms with van der Waals surface area (Å²) < 4.78 is 5.11. The van der Waals surface area contributed by atoms with Crippen molar-refractivity contribution < 1.29 is 14.3 Å². The zero-order chi connectivity index (χ0) is 13.7. The van der Waals surface area contributed by atoms with Gasteiger partial charge in [0.25, 0.3) is 0 Å². The lowest BCUT2D eigenvalue weighted by Gasteiger charge is -2.26. The number of pyridine rings is 1. The molecule has 1 aliphatic heterocycles. The Bertz CT molecular complexity index is 478. The fourth-order valence-electron chi connectivity index (χ4n) is 1.83. The standard InChI is InChI=1S/C12H16N4O3/c1-19-10-2-3-13-6-9(10)15-11(17)8-16-5-4-14-7-12(16)18/h2-3,6,14H,4-5,7-8H2,1H3,(H,15,17). The molecule has 0 bridgehead atoms. The van der Waals surface area contributed by atoms with Crippen LogP contribution < -0.4 is 15.4 Å². The number of anilines is 1. The Balaban J connectivity index is 1.95. The van der Waals surface area contributed by atoms with Gasteiger partial charge in [0.05, 0.1) is 26.4 Å². The molecule has 7 nitrogen and oxygen atoms in total. The fraction of sp³-hybridized carbons (Fsp3) is 0.417. The number of aromatic nitrogens is 1. The summed E-state index contributed by atoms with van der Waals surface area (Å²) in [7, 11) is 1.52. The van der Waals surface area contributed by atoms with Crippen molar-refractivity contribution in [2.75, 3.05) is 38.6 Å². The highest BCUT2D eigenvalue weighted by molar-refractivity contribution is 5.95. The number of ether oxygens (including phenoxy) is 1. The number of carbonyl (C=O) groups is 2. The second-order valence-electron chi connectivity index (χ2n) is 4.12. The predicted octanol–water partition coefficient (Wildman–Crippen LogP) is -0.539. The minimum absolute atomic E-state index is 0.0402. The molecule has 1 aromatic rings. The first-order valence-corrected chi connectivity index (χ1v) is 5.97. The quantitative estimate of drug-likeness (QED) is 0.763. The monoisotopic (exact) mass is 264 g/mol. The normalized spacial score (nSPS) is 15.2. The first-order valence-electron chi connectivity index (χ1n) is 5.97. The number of nitrogens with one attached hydrogen (secondary N) is 2.